The van der Waals surface area contributed by atoms with Crippen LogP contribution in [0.2, 0.25) is 18.1 Å². The van der Waals surface area contributed by atoms with Gasteiger partial charge in [0, 0.05) is 19.6 Å². The summed E-state index contributed by atoms with van der Waals surface area (Å²) >= 11 is 0. The summed E-state index contributed by atoms with van der Waals surface area (Å²) in [6.45, 7) is 10.8. The summed E-state index contributed by atoms with van der Waals surface area (Å²) < 4.78 is 15.9. The number of hydrogen-bond donors (Lipinski definition) is 3. The molecule has 0 spiro atoms. The molecule has 0 saturated heterocycles. The summed E-state index contributed by atoms with van der Waals surface area (Å²) in [5, 5.41) is 15.1. The molecule has 0 radical (unpaired) electrons. The summed E-state index contributed by atoms with van der Waals surface area (Å²) in [7, 11) is -0.744. The Morgan fingerprint density at radius 1 is 1.12 bits per heavy atom. The molecule has 2 amide bonds. The first-order valence-corrected chi connectivity index (χ1v) is 13.9. The van der Waals surface area contributed by atoms with Gasteiger partial charge in [-0.05, 0) is 23.7 Å². The number of benzene rings is 1. The SMILES string of the molecule is COC(=O)[C@H](CCO[Si](C)(C)C(C)(C)C)NC(=O)C[C@H](O)CNC(=O)OCc1ccccc1. The molecule has 0 aliphatic heterocycles. The van der Waals surface area contributed by atoms with Gasteiger partial charge in [0.05, 0.1) is 19.6 Å². The molecule has 0 aromatic heterocycles. The highest BCUT2D eigenvalue weighted by molar-refractivity contribution is 6.74. The molecule has 10 heteroatoms. The molecule has 0 heterocycles. The third kappa shape index (κ3) is 10.8. The Hall–Kier alpha value is -2.43. The summed E-state index contributed by atoms with van der Waals surface area (Å²) in [5.41, 5.74) is 0.832. The van der Waals surface area contributed by atoms with Crippen LogP contribution in [-0.4, -0.2) is 63.8 Å². The summed E-state index contributed by atoms with van der Waals surface area (Å²) in [6, 6.07) is 8.28. The molecule has 1 aromatic rings. The number of carbonyl (C=O) groups is 3. The van der Waals surface area contributed by atoms with Gasteiger partial charge in [-0.1, -0.05) is 51.1 Å². The van der Waals surface area contributed by atoms with Crippen LogP contribution in [0.3, 0.4) is 0 Å². The molecule has 186 valence electrons. The maximum absolute atomic E-state index is 12.3. The van der Waals surface area contributed by atoms with E-state index in [9.17, 15) is 19.5 Å². The van der Waals surface area contributed by atoms with Gasteiger partial charge in [-0.25, -0.2) is 9.59 Å². The largest absolute Gasteiger partial charge is 0.467 e. The lowest BCUT2D eigenvalue weighted by Gasteiger charge is -2.36. The summed E-state index contributed by atoms with van der Waals surface area (Å²) in [4.78, 5) is 36.1. The average molecular weight is 483 g/mol. The maximum Gasteiger partial charge on any atom is 0.407 e. The maximum atomic E-state index is 12.3. The third-order valence-electron chi connectivity index (χ3n) is 5.61. The van der Waals surface area contributed by atoms with E-state index in [1.807, 2.05) is 30.3 Å². The van der Waals surface area contributed by atoms with Gasteiger partial charge < -0.3 is 29.6 Å². The minimum atomic E-state index is -1.99. The zero-order chi connectivity index (χ0) is 25.1. The van der Waals surface area contributed by atoms with Crippen molar-refractivity contribution in [1.82, 2.24) is 10.6 Å². The molecule has 0 bridgehead atoms. The molecule has 1 rings (SSSR count). The number of hydrogen-bond acceptors (Lipinski definition) is 7. The summed E-state index contributed by atoms with van der Waals surface area (Å²) in [5.74, 6) is -1.12. The molecular formula is C23H38N2O7Si. The lowest BCUT2D eigenvalue weighted by molar-refractivity contribution is -0.145. The Balaban J connectivity index is 2.43. The molecule has 3 N–H and O–H groups in total. The predicted octanol–water partition coefficient (Wildman–Crippen LogP) is 2.73. The Morgan fingerprint density at radius 2 is 1.76 bits per heavy atom. The van der Waals surface area contributed by atoms with Crippen molar-refractivity contribution in [2.24, 2.45) is 0 Å². The van der Waals surface area contributed by atoms with Crippen molar-refractivity contribution in [3.05, 3.63) is 35.9 Å². The van der Waals surface area contributed by atoms with Gasteiger partial charge in [0.15, 0.2) is 8.32 Å². The van der Waals surface area contributed by atoms with Gasteiger partial charge in [0.25, 0.3) is 0 Å². The number of amides is 2. The van der Waals surface area contributed by atoms with Crippen LogP contribution in [0.1, 0.15) is 39.2 Å². The Labute approximate surface area is 197 Å². The molecule has 2 atom stereocenters. The molecule has 1 aromatic carbocycles. The van der Waals surface area contributed by atoms with Crippen molar-refractivity contribution >= 4 is 26.3 Å². The van der Waals surface area contributed by atoms with E-state index in [1.165, 1.54) is 7.11 Å². The van der Waals surface area contributed by atoms with Gasteiger partial charge in [0.1, 0.15) is 12.6 Å². The molecule has 33 heavy (non-hydrogen) atoms. The van der Waals surface area contributed by atoms with Crippen molar-refractivity contribution in [3.8, 4) is 0 Å². The van der Waals surface area contributed by atoms with E-state index in [1.54, 1.807) is 0 Å². The molecule has 9 nitrogen and oxygen atoms in total. The number of aliphatic hydroxyl groups excluding tert-OH is 1. The first-order valence-electron chi connectivity index (χ1n) is 11.0. The Kier molecular flexibility index (Phi) is 11.5. The number of methoxy groups -OCH3 is 1. The van der Waals surface area contributed by atoms with Crippen LogP contribution >= 0.6 is 0 Å². The Morgan fingerprint density at radius 3 is 2.33 bits per heavy atom. The normalized spacial score (nSPS) is 13.5. The second kappa shape index (κ2) is 13.3. The molecule has 0 saturated carbocycles. The van der Waals surface area contributed by atoms with Crippen LogP contribution in [0.15, 0.2) is 30.3 Å². The zero-order valence-corrected chi connectivity index (χ0v) is 21.5. The van der Waals surface area contributed by atoms with E-state index in [0.29, 0.717) is 6.61 Å². The van der Waals surface area contributed by atoms with Crippen LogP contribution < -0.4 is 10.6 Å². The third-order valence-corrected chi connectivity index (χ3v) is 10.2. The number of carbonyl (C=O) groups excluding carboxylic acids is 3. The van der Waals surface area contributed by atoms with Gasteiger partial charge in [0.2, 0.25) is 5.91 Å². The van der Waals surface area contributed by atoms with Crippen molar-refractivity contribution < 1.29 is 33.4 Å². The molecule has 0 aliphatic rings. The van der Waals surface area contributed by atoms with Crippen LogP contribution in [0, 0.1) is 0 Å². The zero-order valence-electron chi connectivity index (χ0n) is 20.5. The molecular weight excluding hydrogens is 444 g/mol. The number of rotatable bonds is 12. The van der Waals surface area contributed by atoms with E-state index in [4.69, 9.17) is 13.9 Å². The second-order valence-corrected chi connectivity index (χ2v) is 14.2. The van der Waals surface area contributed by atoms with Crippen molar-refractivity contribution in [2.75, 3.05) is 20.3 Å². The van der Waals surface area contributed by atoms with Crippen LogP contribution in [0.25, 0.3) is 0 Å². The number of esters is 1. The molecule has 0 aliphatic carbocycles. The fourth-order valence-corrected chi connectivity index (χ4v) is 3.62. The standard InChI is InChI=1S/C23H38N2O7Si/c1-23(2,3)33(5,6)32-13-12-19(21(28)30-4)25-20(27)14-18(26)15-24-22(29)31-16-17-10-8-7-9-11-17/h7-11,18-19,26H,12-16H2,1-6H3,(H,24,29)(H,25,27)/t18-,19-/m0/s1. The average Bonchev–Trinajstić information content (AvgIpc) is 2.74. The highest BCUT2D eigenvalue weighted by atomic mass is 28.4. The molecule has 0 unspecified atom stereocenters. The smallest absolute Gasteiger partial charge is 0.407 e. The van der Waals surface area contributed by atoms with Gasteiger partial charge in [-0.2, -0.15) is 0 Å². The number of nitrogens with one attached hydrogen (secondary N) is 2. The quantitative estimate of drug-likeness (QED) is 0.309. The van der Waals surface area contributed by atoms with Crippen LogP contribution in [-0.2, 0) is 30.1 Å². The van der Waals surface area contributed by atoms with Gasteiger partial charge in [-0.15, -0.1) is 0 Å². The molecule has 0 fully saturated rings. The van der Waals surface area contributed by atoms with E-state index in [2.05, 4.69) is 44.5 Å². The number of aliphatic hydroxyl groups is 1. The van der Waals surface area contributed by atoms with E-state index < -0.39 is 38.4 Å². The predicted molar refractivity (Wildman–Crippen MR) is 127 cm³/mol. The van der Waals surface area contributed by atoms with E-state index >= 15 is 0 Å². The number of ether oxygens (including phenoxy) is 2. The van der Waals surface area contributed by atoms with Crippen LogP contribution in [0.4, 0.5) is 4.79 Å². The first kappa shape index (κ1) is 28.6. The monoisotopic (exact) mass is 482 g/mol. The van der Waals surface area contributed by atoms with Gasteiger partial charge >= 0.3 is 12.1 Å². The fourth-order valence-electron chi connectivity index (χ4n) is 2.55. The second-order valence-electron chi connectivity index (χ2n) is 9.34. The van der Waals surface area contributed by atoms with Crippen molar-refractivity contribution in [1.29, 1.82) is 0 Å². The van der Waals surface area contributed by atoms with Gasteiger partial charge in [-0.3, -0.25) is 4.79 Å². The topological polar surface area (TPSA) is 123 Å². The van der Waals surface area contributed by atoms with Crippen LogP contribution in [0.5, 0.6) is 0 Å². The first-order chi connectivity index (χ1) is 15.4. The summed E-state index contributed by atoms with van der Waals surface area (Å²) in [6.07, 6.45) is -1.88. The number of alkyl carbamates (subject to hydrolysis) is 1. The minimum absolute atomic E-state index is 0.0242. The lowest BCUT2D eigenvalue weighted by Crippen LogP contribution is -2.46. The fraction of sp³-hybridized carbons (Fsp3) is 0.609. The van der Waals surface area contributed by atoms with E-state index in [0.717, 1.165) is 5.56 Å². The van der Waals surface area contributed by atoms with Crippen molar-refractivity contribution in [2.45, 2.75) is 70.5 Å². The van der Waals surface area contributed by atoms with Crippen molar-refractivity contribution in [3.63, 3.8) is 0 Å². The van der Waals surface area contributed by atoms with E-state index in [-0.39, 0.29) is 31.0 Å². The lowest BCUT2D eigenvalue weighted by atomic mass is 10.2. The Bertz CT molecular complexity index is 766. The minimum Gasteiger partial charge on any atom is -0.467 e. The highest BCUT2D eigenvalue weighted by Crippen LogP contribution is 2.36. The highest BCUT2D eigenvalue weighted by Gasteiger charge is 2.37.